The number of furan rings is 2. The first-order valence-electron chi connectivity index (χ1n) is 6.00. The summed E-state index contributed by atoms with van der Waals surface area (Å²) in [5.74, 6) is 1.31. The number of nitrogens with one attached hydrogen (secondary N) is 3. The topological polar surface area (TPSA) is 96.5 Å². The van der Waals surface area contributed by atoms with Crippen LogP contribution in [0.25, 0.3) is 0 Å². The van der Waals surface area contributed by atoms with Crippen LogP contribution in [-0.4, -0.2) is 11.9 Å². The van der Waals surface area contributed by atoms with E-state index in [1.54, 1.807) is 32.0 Å². The van der Waals surface area contributed by atoms with E-state index in [4.69, 9.17) is 8.83 Å². The number of urea groups is 1. The number of carbonyl (C=O) groups excluding carboxylic acids is 2. The Morgan fingerprint density at radius 2 is 2.05 bits per heavy atom. The molecule has 2 aromatic rings. The molecule has 0 unspecified atom stereocenters. The first-order chi connectivity index (χ1) is 9.56. The van der Waals surface area contributed by atoms with Gasteiger partial charge >= 0.3 is 6.03 Å². The van der Waals surface area contributed by atoms with E-state index in [0.29, 0.717) is 22.8 Å². The standard InChI is InChI=1S/C13H15N3O4/c1-8-6-11(9(2)20-8)12(17)15-16-13(18)14-7-10-4-3-5-19-10/h3-6H,7H2,1-2H3,(H,15,17)(H2,14,16,18). The number of aryl methyl sites for hydroxylation is 2. The smallest absolute Gasteiger partial charge is 0.333 e. The molecule has 0 saturated carbocycles. The predicted octanol–water partition coefficient (Wildman–Crippen LogP) is 1.63. The van der Waals surface area contributed by atoms with Crippen LogP contribution in [0, 0.1) is 13.8 Å². The summed E-state index contributed by atoms with van der Waals surface area (Å²) in [6, 6.07) is 4.53. The molecule has 7 heteroatoms. The van der Waals surface area contributed by atoms with Gasteiger partial charge in [-0.15, -0.1) is 0 Å². The predicted molar refractivity (Wildman–Crippen MR) is 69.7 cm³/mol. The Morgan fingerprint density at radius 1 is 1.25 bits per heavy atom. The van der Waals surface area contributed by atoms with Gasteiger partial charge in [0.15, 0.2) is 0 Å². The molecule has 0 bridgehead atoms. The molecule has 20 heavy (non-hydrogen) atoms. The third kappa shape index (κ3) is 3.41. The molecule has 0 radical (unpaired) electrons. The Labute approximate surface area is 115 Å². The van der Waals surface area contributed by atoms with Crippen molar-refractivity contribution in [3.63, 3.8) is 0 Å². The minimum Gasteiger partial charge on any atom is -0.467 e. The molecule has 0 aliphatic heterocycles. The molecule has 106 valence electrons. The van der Waals surface area contributed by atoms with Crippen LogP contribution in [0.5, 0.6) is 0 Å². The van der Waals surface area contributed by atoms with Crippen LogP contribution in [0.3, 0.4) is 0 Å². The SMILES string of the molecule is Cc1cc(C(=O)NNC(=O)NCc2ccco2)c(C)o1. The molecule has 0 aromatic carbocycles. The van der Waals surface area contributed by atoms with E-state index in [1.807, 2.05) is 0 Å². The minimum atomic E-state index is -0.535. The van der Waals surface area contributed by atoms with E-state index in [9.17, 15) is 9.59 Å². The average molecular weight is 277 g/mol. The molecule has 0 fully saturated rings. The average Bonchev–Trinajstić information content (AvgIpc) is 3.03. The summed E-state index contributed by atoms with van der Waals surface area (Å²) in [4.78, 5) is 23.2. The minimum absolute atomic E-state index is 0.235. The van der Waals surface area contributed by atoms with Gasteiger partial charge in [0, 0.05) is 0 Å². The third-order valence-electron chi connectivity index (χ3n) is 2.58. The van der Waals surface area contributed by atoms with Gasteiger partial charge in [0.25, 0.3) is 5.91 Å². The van der Waals surface area contributed by atoms with Gasteiger partial charge in [-0.25, -0.2) is 10.2 Å². The van der Waals surface area contributed by atoms with E-state index in [-0.39, 0.29) is 6.54 Å². The van der Waals surface area contributed by atoms with Crippen LogP contribution in [0.1, 0.15) is 27.6 Å². The lowest BCUT2D eigenvalue weighted by Gasteiger charge is -2.07. The highest BCUT2D eigenvalue weighted by Gasteiger charge is 2.13. The number of hydrazine groups is 1. The van der Waals surface area contributed by atoms with Gasteiger partial charge < -0.3 is 14.2 Å². The number of amides is 3. The van der Waals surface area contributed by atoms with E-state index >= 15 is 0 Å². The highest BCUT2D eigenvalue weighted by Crippen LogP contribution is 2.12. The molecule has 3 amide bonds. The van der Waals surface area contributed by atoms with Crippen LogP contribution < -0.4 is 16.2 Å². The van der Waals surface area contributed by atoms with E-state index in [0.717, 1.165) is 0 Å². The number of hydrogen-bond acceptors (Lipinski definition) is 4. The molecule has 0 aliphatic rings. The highest BCUT2D eigenvalue weighted by atomic mass is 16.3. The lowest BCUT2D eigenvalue weighted by atomic mass is 10.2. The molecule has 0 aliphatic carbocycles. The summed E-state index contributed by atoms with van der Waals surface area (Å²) in [6.45, 7) is 3.66. The van der Waals surface area contributed by atoms with Gasteiger partial charge in [-0.1, -0.05) is 0 Å². The lowest BCUT2D eigenvalue weighted by Crippen LogP contribution is -2.46. The third-order valence-corrected chi connectivity index (χ3v) is 2.58. The van der Waals surface area contributed by atoms with Crippen LogP contribution in [0.2, 0.25) is 0 Å². The molecule has 7 nitrogen and oxygen atoms in total. The Hall–Kier alpha value is -2.70. The van der Waals surface area contributed by atoms with Gasteiger partial charge in [-0.2, -0.15) is 0 Å². The van der Waals surface area contributed by atoms with Crippen molar-refractivity contribution in [1.82, 2.24) is 16.2 Å². The second-order valence-electron chi connectivity index (χ2n) is 4.17. The van der Waals surface area contributed by atoms with Gasteiger partial charge in [0.2, 0.25) is 0 Å². The molecule has 2 aromatic heterocycles. The monoisotopic (exact) mass is 277 g/mol. The molecule has 0 atom stereocenters. The zero-order valence-electron chi connectivity index (χ0n) is 11.1. The molecular formula is C13H15N3O4. The fraction of sp³-hybridized carbons (Fsp3) is 0.231. The normalized spacial score (nSPS) is 10.1. The van der Waals surface area contributed by atoms with Crippen molar-refractivity contribution < 1.29 is 18.4 Å². The second-order valence-corrected chi connectivity index (χ2v) is 4.17. The largest absolute Gasteiger partial charge is 0.467 e. The van der Waals surface area contributed by atoms with Gasteiger partial charge in [-0.05, 0) is 32.0 Å². The molecule has 0 saturated heterocycles. The second kappa shape index (κ2) is 5.96. The quantitative estimate of drug-likeness (QED) is 0.743. The molecule has 2 heterocycles. The summed E-state index contributed by atoms with van der Waals surface area (Å²) in [7, 11) is 0. The van der Waals surface area contributed by atoms with E-state index in [2.05, 4.69) is 16.2 Å². The Morgan fingerprint density at radius 3 is 2.65 bits per heavy atom. The van der Waals surface area contributed by atoms with Crippen molar-refractivity contribution in [1.29, 1.82) is 0 Å². The van der Waals surface area contributed by atoms with Crippen LogP contribution >= 0.6 is 0 Å². The summed E-state index contributed by atoms with van der Waals surface area (Å²) in [5.41, 5.74) is 4.92. The van der Waals surface area contributed by atoms with Crippen LogP contribution in [0.4, 0.5) is 4.79 Å². The summed E-state index contributed by atoms with van der Waals surface area (Å²) in [6.07, 6.45) is 1.51. The van der Waals surface area contributed by atoms with Crippen molar-refractivity contribution in [2.24, 2.45) is 0 Å². The highest BCUT2D eigenvalue weighted by molar-refractivity contribution is 5.96. The van der Waals surface area contributed by atoms with E-state index < -0.39 is 11.9 Å². The van der Waals surface area contributed by atoms with Gasteiger partial charge in [0.05, 0.1) is 18.4 Å². The number of carbonyl (C=O) groups is 2. The van der Waals surface area contributed by atoms with Crippen LogP contribution in [-0.2, 0) is 6.54 Å². The zero-order chi connectivity index (χ0) is 14.5. The molecule has 0 spiro atoms. The van der Waals surface area contributed by atoms with Crippen molar-refractivity contribution in [3.8, 4) is 0 Å². The fourth-order valence-corrected chi connectivity index (χ4v) is 1.66. The fourth-order valence-electron chi connectivity index (χ4n) is 1.66. The maximum absolute atomic E-state index is 11.8. The maximum atomic E-state index is 11.8. The molecular weight excluding hydrogens is 262 g/mol. The molecule has 3 N–H and O–H groups in total. The van der Waals surface area contributed by atoms with Crippen molar-refractivity contribution in [3.05, 3.63) is 47.3 Å². The Kier molecular flexibility index (Phi) is 4.09. The van der Waals surface area contributed by atoms with Crippen molar-refractivity contribution in [2.45, 2.75) is 20.4 Å². The molecule has 2 rings (SSSR count). The zero-order valence-corrected chi connectivity index (χ0v) is 11.1. The summed E-state index contributed by atoms with van der Waals surface area (Å²) >= 11 is 0. The van der Waals surface area contributed by atoms with Gasteiger partial charge in [0.1, 0.15) is 17.3 Å². The summed E-state index contributed by atoms with van der Waals surface area (Å²) < 4.78 is 10.3. The Balaban J connectivity index is 1.78. The first kappa shape index (κ1) is 13.7. The Bertz CT molecular complexity index is 601. The lowest BCUT2D eigenvalue weighted by molar-refractivity contribution is 0.0934. The van der Waals surface area contributed by atoms with Crippen molar-refractivity contribution >= 4 is 11.9 Å². The van der Waals surface area contributed by atoms with E-state index in [1.165, 1.54) is 6.26 Å². The number of rotatable bonds is 3. The number of hydrogen-bond donors (Lipinski definition) is 3. The van der Waals surface area contributed by atoms with Crippen LogP contribution in [0.15, 0.2) is 33.3 Å². The first-order valence-corrected chi connectivity index (χ1v) is 6.00. The van der Waals surface area contributed by atoms with Crippen molar-refractivity contribution in [2.75, 3.05) is 0 Å². The maximum Gasteiger partial charge on any atom is 0.333 e. The van der Waals surface area contributed by atoms with Gasteiger partial charge in [-0.3, -0.25) is 10.2 Å². The summed E-state index contributed by atoms with van der Waals surface area (Å²) in [5, 5.41) is 2.53.